The predicted molar refractivity (Wildman–Crippen MR) is 77.5 cm³/mol. The van der Waals surface area contributed by atoms with E-state index in [1.807, 2.05) is 18.2 Å². The molecule has 4 heteroatoms. The minimum atomic E-state index is -0.321. The van der Waals surface area contributed by atoms with Gasteiger partial charge in [-0.05, 0) is 31.0 Å². The molecule has 1 saturated carbocycles. The number of halogens is 2. The van der Waals surface area contributed by atoms with Crippen LogP contribution in [0.15, 0.2) is 22.7 Å². The first kappa shape index (κ1) is 13.9. The van der Waals surface area contributed by atoms with E-state index >= 15 is 0 Å². The highest BCUT2D eigenvalue weighted by Gasteiger charge is 2.20. The summed E-state index contributed by atoms with van der Waals surface area (Å²) in [7, 11) is 0. The van der Waals surface area contributed by atoms with Crippen LogP contribution in [0.5, 0.6) is 0 Å². The summed E-state index contributed by atoms with van der Waals surface area (Å²) in [5, 5.41) is 13.4. The van der Waals surface area contributed by atoms with E-state index in [2.05, 4.69) is 27.3 Å². The van der Waals surface area contributed by atoms with Crippen LogP contribution in [0.2, 0.25) is 5.02 Å². The van der Waals surface area contributed by atoms with Crippen LogP contribution in [0.25, 0.3) is 0 Å². The van der Waals surface area contributed by atoms with Crippen molar-refractivity contribution in [2.24, 2.45) is 0 Å². The van der Waals surface area contributed by atoms with Gasteiger partial charge in [0.1, 0.15) is 6.04 Å². The van der Waals surface area contributed by atoms with Crippen LogP contribution in [-0.2, 0) is 0 Å². The first-order valence-corrected chi connectivity index (χ1v) is 7.48. The molecule has 1 aliphatic rings. The molecule has 18 heavy (non-hydrogen) atoms. The smallest absolute Gasteiger partial charge is 0.123 e. The summed E-state index contributed by atoms with van der Waals surface area (Å²) in [6.45, 7) is 0. The third kappa shape index (κ3) is 3.47. The molecule has 96 valence electrons. The average Bonchev–Trinajstić information content (AvgIpc) is 2.40. The molecule has 1 aromatic rings. The topological polar surface area (TPSA) is 35.8 Å². The molecule has 0 aliphatic heterocycles. The van der Waals surface area contributed by atoms with Gasteiger partial charge in [0.05, 0.1) is 6.07 Å². The van der Waals surface area contributed by atoms with Crippen molar-refractivity contribution in [2.45, 2.75) is 44.2 Å². The Morgan fingerprint density at radius 3 is 2.72 bits per heavy atom. The van der Waals surface area contributed by atoms with Crippen molar-refractivity contribution < 1.29 is 0 Å². The fourth-order valence-corrected chi connectivity index (χ4v) is 3.04. The Hall–Kier alpha value is -0.560. The molecule has 1 atom stereocenters. The van der Waals surface area contributed by atoms with Crippen molar-refractivity contribution >= 4 is 27.5 Å². The minimum absolute atomic E-state index is 0.321. The van der Waals surface area contributed by atoms with Crippen LogP contribution in [0.3, 0.4) is 0 Å². The highest BCUT2D eigenvalue weighted by molar-refractivity contribution is 9.10. The zero-order chi connectivity index (χ0) is 13.0. The van der Waals surface area contributed by atoms with Gasteiger partial charge < -0.3 is 0 Å². The number of nitriles is 1. The molecular formula is C14H16BrClN2. The summed E-state index contributed by atoms with van der Waals surface area (Å²) < 4.78 is 0.951. The first-order valence-electron chi connectivity index (χ1n) is 6.31. The van der Waals surface area contributed by atoms with E-state index in [1.54, 1.807) is 0 Å². The van der Waals surface area contributed by atoms with Crippen LogP contribution in [0, 0.1) is 11.3 Å². The molecule has 1 aromatic carbocycles. The molecule has 0 radical (unpaired) electrons. The lowest BCUT2D eigenvalue weighted by atomic mass is 9.94. The fourth-order valence-electron chi connectivity index (χ4n) is 2.44. The number of benzene rings is 1. The largest absolute Gasteiger partial charge is 0.295 e. The van der Waals surface area contributed by atoms with E-state index in [9.17, 15) is 5.26 Å². The second-order valence-electron chi connectivity index (χ2n) is 4.73. The zero-order valence-corrected chi connectivity index (χ0v) is 12.5. The summed E-state index contributed by atoms with van der Waals surface area (Å²) in [4.78, 5) is 0. The highest BCUT2D eigenvalue weighted by Crippen LogP contribution is 2.28. The standard InChI is InChI=1S/C14H16BrClN2/c15-10-6-7-13(16)12(8-10)14(9-17)18-11-4-2-1-3-5-11/h6-8,11,14,18H,1-5H2. The molecule has 1 fully saturated rings. The Morgan fingerprint density at radius 2 is 2.06 bits per heavy atom. The maximum Gasteiger partial charge on any atom is 0.123 e. The summed E-state index contributed by atoms with van der Waals surface area (Å²) in [6, 6.07) is 8.08. The molecule has 2 rings (SSSR count). The Kier molecular flexibility index (Phi) is 5.05. The number of hydrogen-bond donors (Lipinski definition) is 1. The number of rotatable bonds is 3. The monoisotopic (exact) mass is 326 g/mol. The van der Waals surface area contributed by atoms with Crippen LogP contribution in [0.1, 0.15) is 43.7 Å². The van der Waals surface area contributed by atoms with Crippen molar-refractivity contribution in [3.63, 3.8) is 0 Å². The third-order valence-corrected chi connectivity index (χ3v) is 4.24. The van der Waals surface area contributed by atoms with Crippen molar-refractivity contribution in [1.29, 1.82) is 5.26 Å². The normalized spacial score (nSPS) is 18.3. The van der Waals surface area contributed by atoms with Gasteiger partial charge in [-0.1, -0.05) is 46.8 Å². The van der Waals surface area contributed by atoms with Gasteiger partial charge in [-0.2, -0.15) is 5.26 Å². The van der Waals surface area contributed by atoms with Gasteiger partial charge in [-0.3, -0.25) is 5.32 Å². The third-order valence-electron chi connectivity index (χ3n) is 3.41. The van der Waals surface area contributed by atoms with Crippen molar-refractivity contribution in [3.8, 4) is 6.07 Å². The molecule has 0 heterocycles. The first-order chi connectivity index (χ1) is 8.70. The lowest BCUT2D eigenvalue weighted by molar-refractivity contribution is 0.360. The number of nitrogens with zero attached hydrogens (tertiary/aromatic N) is 1. The maximum absolute atomic E-state index is 9.34. The van der Waals surface area contributed by atoms with Gasteiger partial charge in [-0.15, -0.1) is 0 Å². The molecule has 0 bridgehead atoms. The van der Waals surface area contributed by atoms with Crippen LogP contribution in [0.4, 0.5) is 0 Å². The Labute approximate surface area is 121 Å². The highest BCUT2D eigenvalue weighted by atomic mass is 79.9. The van der Waals surface area contributed by atoms with E-state index < -0.39 is 0 Å². The summed E-state index contributed by atoms with van der Waals surface area (Å²) in [5.74, 6) is 0. The van der Waals surface area contributed by atoms with Gasteiger partial charge in [-0.25, -0.2) is 0 Å². The molecular weight excluding hydrogens is 312 g/mol. The maximum atomic E-state index is 9.34. The number of nitrogens with one attached hydrogen (secondary N) is 1. The molecule has 0 spiro atoms. The van der Waals surface area contributed by atoms with Crippen LogP contribution in [-0.4, -0.2) is 6.04 Å². The Bertz CT molecular complexity index is 450. The second-order valence-corrected chi connectivity index (χ2v) is 6.05. The average molecular weight is 328 g/mol. The SMILES string of the molecule is N#CC(NC1CCCCC1)c1cc(Br)ccc1Cl. The van der Waals surface area contributed by atoms with Crippen molar-refractivity contribution in [2.75, 3.05) is 0 Å². The van der Waals surface area contributed by atoms with E-state index in [0.717, 1.165) is 22.9 Å². The molecule has 1 N–H and O–H groups in total. The molecule has 0 amide bonds. The number of hydrogen-bond acceptors (Lipinski definition) is 2. The summed E-state index contributed by atoms with van der Waals surface area (Å²) in [5.41, 5.74) is 0.860. The van der Waals surface area contributed by atoms with E-state index in [0.29, 0.717) is 11.1 Å². The van der Waals surface area contributed by atoms with Crippen LogP contribution < -0.4 is 5.32 Å². The molecule has 1 unspecified atom stereocenters. The molecule has 0 saturated heterocycles. The Morgan fingerprint density at radius 1 is 1.33 bits per heavy atom. The van der Waals surface area contributed by atoms with E-state index in [4.69, 9.17) is 11.6 Å². The predicted octanol–water partition coefficient (Wildman–Crippen LogP) is 4.59. The fraction of sp³-hybridized carbons (Fsp3) is 0.500. The minimum Gasteiger partial charge on any atom is -0.295 e. The lowest BCUT2D eigenvalue weighted by Gasteiger charge is -2.26. The van der Waals surface area contributed by atoms with E-state index in [1.165, 1.54) is 19.3 Å². The second kappa shape index (κ2) is 6.56. The quantitative estimate of drug-likeness (QED) is 0.881. The summed E-state index contributed by atoms with van der Waals surface area (Å²) >= 11 is 9.60. The lowest BCUT2D eigenvalue weighted by Crippen LogP contribution is -2.34. The van der Waals surface area contributed by atoms with Crippen molar-refractivity contribution in [3.05, 3.63) is 33.3 Å². The zero-order valence-electron chi connectivity index (χ0n) is 10.1. The van der Waals surface area contributed by atoms with Gasteiger partial charge >= 0.3 is 0 Å². The molecule has 2 nitrogen and oxygen atoms in total. The van der Waals surface area contributed by atoms with E-state index in [-0.39, 0.29) is 6.04 Å². The van der Waals surface area contributed by atoms with Crippen molar-refractivity contribution in [1.82, 2.24) is 5.32 Å². The van der Waals surface area contributed by atoms with Gasteiger partial charge in [0.15, 0.2) is 0 Å². The van der Waals surface area contributed by atoms with Gasteiger partial charge in [0.2, 0.25) is 0 Å². The molecule has 0 aromatic heterocycles. The Balaban J connectivity index is 2.12. The molecule has 1 aliphatic carbocycles. The van der Waals surface area contributed by atoms with Gasteiger partial charge in [0, 0.05) is 21.1 Å². The summed E-state index contributed by atoms with van der Waals surface area (Å²) in [6.07, 6.45) is 6.13. The van der Waals surface area contributed by atoms with Gasteiger partial charge in [0.25, 0.3) is 0 Å². The van der Waals surface area contributed by atoms with Crippen LogP contribution >= 0.6 is 27.5 Å².